The van der Waals surface area contributed by atoms with Crippen molar-refractivity contribution in [1.29, 1.82) is 0 Å². The molecule has 4 aromatic rings. The molecule has 27 heteroatoms. The van der Waals surface area contributed by atoms with Crippen LogP contribution < -0.4 is 19.3 Å². The van der Waals surface area contributed by atoms with Crippen LogP contribution in [-0.4, -0.2) is 138 Å². The molecule has 0 aliphatic heterocycles. The van der Waals surface area contributed by atoms with Crippen LogP contribution in [0.25, 0.3) is 11.0 Å². The zero-order valence-electron chi connectivity index (χ0n) is 38.7. The maximum Gasteiger partial charge on any atom is 0.378 e. The van der Waals surface area contributed by atoms with Gasteiger partial charge in [-0.15, -0.1) is 0 Å². The summed E-state index contributed by atoms with van der Waals surface area (Å²) in [5.41, 5.74) is 0.943. The van der Waals surface area contributed by atoms with Crippen LogP contribution in [0.4, 0.5) is 11.4 Å². The normalized spacial score (nSPS) is 10.4. The van der Waals surface area contributed by atoms with E-state index in [1.165, 1.54) is 29.2 Å². The van der Waals surface area contributed by atoms with Gasteiger partial charge in [0, 0.05) is 39.1 Å². The van der Waals surface area contributed by atoms with E-state index in [1.54, 1.807) is 19.1 Å². The first-order chi connectivity index (χ1) is 33.9. The van der Waals surface area contributed by atoms with Crippen molar-refractivity contribution in [3.05, 3.63) is 66.1 Å². The highest BCUT2D eigenvalue weighted by molar-refractivity contribution is 5.90. The summed E-state index contributed by atoms with van der Waals surface area (Å²) in [5, 5.41) is 0.330. The van der Waals surface area contributed by atoms with Crippen molar-refractivity contribution in [1.82, 2.24) is 4.98 Å². The average molecular weight is 1000 g/mol. The minimum atomic E-state index is -0.998. The Labute approximate surface area is 401 Å². The third-order valence-electron chi connectivity index (χ3n) is 8.61. The van der Waals surface area contributed by atoms with E-state index < -0.39 is 126 Å². The highest BCUT2D eigenvalue weighted by atomic mass is 16.7. The van der Waals surface area contributed by atoms with E-state index in [1.807, 2.05) is 0 Å². The Bertz CT molecular complexity index is 2470. The number of carbonyl (C=O) groups is 10. The number of hydrogen-bond donors (Lipinski definition) is 0. The van der Waals surface area contributed by atoms with Crippen LogP contribution in [0.1, 0.15) is 49.6 Å². The van der Waals surface area contributed by atoms with Crippen LogP contribution in [0.2, 0.25) is 0 Å². The Hall–Kier alpha value is -8.91. The largest absolute Gasteiger partial charge is 0.488 e. The number of nitrogens with zero attached hydrogens (tertiary/aromatic N) is 3. The quantitative estimate of drug-likeness (QED) is 0.0340. The molecule has 4 rings (SSSR count). The average Bonchev–Trinajstić information content (AvgIpc) is 3.97. The molecule has 0 fully saturated rings. The molecule has 0 saturated carbocycles. The van der Waals surface area contributed by atoms with Gasteiger partial charge < -0.3 is 75.5 Å². The van der Waals surface area contributed by atoms with Crippen molar-refractivity contribution in [2.45, 2.75) is 41.0 Å². The molecule has 2 aromatic carbocycles. The Balaban J connectivity index is 1.62. The predicted molar refractivity (Wildman–Crippen MR) is 230 cm³/mol. The van der Waals surface area contributed by atoms with E-state index in [0.29, 0.717) is 10.9 Å². The van der Waals surface area contributed by atoms with Crippen molar-refractivity contribution in [3.63, 3.8) is 0 Å². The summed E-state index contributed by atoms with van der Waals surface area (Å²) in [4.78, 5) is 128. The van der Waals surface area contributed by atoms with Crippen LogP contribution in [-0.2, 0) is 96.9 Å². The number of aryl methyl sites for hydroxylation is 1. The second-order valence-electron chi connectivity index (χ2n) is 14.1. The van der Waals surface area contributed by atoms with E-state index in [0.717, 1.165) is 45.2 Å². The van der Waals surface area contributed by atoms with Crippen molar-refractivity contribution in [3.8, 4) is 11.5 Å². The van der Waals surface area contributed by atoms with Crippen LogP contribution in [0, 0.1) is 6.92 Å². The lowest BCUT2D eigenvalue weighted by atomic mass is 10.2. The zero-order chi connectivity index (χ0) is 51.9. The number of fused-ring (bicyclic) bond motifs is 1. The third kappa shape index (κ3) is 19.7. The molecule has 0 radical (unpaired) electrons. The number of hydrogen-bond acceptors (Lipinski definition) is 27. The van der Waals surface area contributed by atoms with E-state index in [4.69, 9.17) is 56.2 Å². The SMILES string of the molecule is CC(=O)OCOC(=O)CN(CC(=O)OCOC(C)=O)c1ccc(C)cc1OCCOc1cc2cc(CC(=O)OCOC(=O)c3cnco3)oc2cc1N(CC(=O)OCOC(C)=O)CC(=O)OCOC(C)=O. The number of rotatable bonds is 28. The fourth-order valence-electron chi connectivity index (χ4n) is 5.56. The molecule has 0 spiro atoms. The van der Waals surface area contributed by atoms with Crippen molar-refractivity contribution in [2.75, 3.05) is 83.2 Å². The third-order valence-corrected chi connectivity index (χ3v) is 8.61. The molecular weight excluding hydrogens is 954 g/mol. The zero-order valence-corrected chi connectivity index (χ0v) is 38.7. The number of anilines is 2. The molecule has 71 heavy (non-hydrogen) atoms. The molecule has 0 aliphatic rings. The molecular formula is C44H47N3O24. The highest BCUT2D eigenvalue weighted by Gasteiger charge is 2.25. The Morgan fingerprint density at radius 3 is 1.44 bits per heavy atom. The minimum Gasteiger partial charge on any atom is -0.488 e. The molecule has 0 atom stereocenters. The van der Waals surface area contributed by atoms with Crippen molar-refractivity contribution >= 4 is 82.0 Å². The van der Waals surface area contributed by atoms with Gasteiger partial charge in [0.2, 0.25) is 39.7 Å². The van der Waals surface area contributed by atoms with Gasteiger partial charge in [0.05, 0.1) is 17.6 Å². The van der Waals surface area contributed by atoms with Crippen LogP contribution in [0.5, 0.6) is 11.5 Å². The van der Waals surface area contributed by atoms with Gasteiger partial charge in [-0.3, -0.25) is 43.2 Å². The van der Waals surface area contributed by atoms with E-state index in [2.05, 4.69) is 14.5 Å². The maximum absolute atomic E-state index is 13.1. The van der Waals surface area contributed by atoms with E-state index >= 15 is 0 Å². The van der Waals surface area contributed by atoms with Crippen LogP contribution in [0.15, 0.2) is 57.8 Å². The summed E-state index contributed by atoms with van der Waals surface area (Å²) in [6.45, 7) is -0.724. The van der Waals surface area contributed by atoms with Gasteiger partial charge in [0.1, 0.15) is 68.7 Å². The fraction of sp³-hybridized carbons (Fsp3) is 0.386. The standard InChI is InChI=1S/C44H47N3O24/c1-26-6-7-33(46(16-40(53)66-21-61-27(2)48)17-41(54)67-22-62-28(3)49)36(10-26)58-8-9-59-37-12-31-11-32(13-39(52)65-25-70-44(57)38-15-45-20-60-38)71-35(31)14-34(37)47(18-42(55)68-23-63-29(4)50)19-43(56)69-24-64-30(5)51/h6-7,10-12,14-15,20H,8-9,13,16-19,21-25H2,1-5H3. The molecule has 382 valence electrons. The molecule has 0 N–H and O–H groups in total. The minimum absolute atomic E-state index is 0.00359. The summed E-state index contributed by atoms with van der Waals surface area (Å²) in [7, 11) is 0. The van der Waals surface area contributed by atoms with Gasteiger partial charge in [0.25, 0.3) is 0 Å². The first-order valence-electron chi connectivity index (χ1n) is 20.7. The van der Waals surface area contributed by atoms with Crippen molar-refractivity contribution in [2.24, 2.45) is 0 Å². The number of aromatic nitrogens is 1. The summed E-state index contributed by atoms with van der Waals surface area (Å²) in [6, 6.07) is 9.02. The Morgan fingerprint density at radius 1 is 0.521 bits per heavy atom. The molecule has 0 unspecified atom stereocenters. The van der Waals surface area contributed by atoms with Gasteiger partial charge in [-0.2, -0.15) is 0 Å². The number of ether oxygens (including phenoxy) is 12. The molecule has 2 heterocycles. The Morgan fingerprint density at radius 2 is 0.972 bits per heavy atom. The smallest absolute Gasteiger partial charge is 0.378 e. The maximum atomic E-state index is 13.1. The number of esters is 10. The molecule has 0 saturated heterocycles. The summed E-state index contributed by atoms with van der Waals surface area (Å²) >= 11 is 0. The van der Waals surface area contributed by atoms with Crippen molar-refractivity contribution < 1.29 is 114 Å². The monoisotopic (exact) mass is 1000 g/mol. The highest BCUT2D eigenvalue weighted by Crippen LogP contribution is 2.36. The summed E-state index contributed by atoms with van der Waals surface area (Å²) < 4.78 is 71.6. The predicted octanol–water partition coefficient (Wildman–Crippen LogP) is 1.96. The number of furan rings is 1. The van der Waals surface area contributed by atoms with Gasteiger partial charge >= 0.3 is 59.7 Å². The lowest BCUT2D eigenvalue weighted by Gasteiger charge is -2.26. The van der Waals surface area contributed by atoms with Crippen LogP contribution >= 0.6 is 0 Å². The van der Waals surface area contributed by atoms with E-state index in [9.17, 15) is 47.9 Å². The summed E-state index contributed by atoms with van der Waals surface area (Å²) in [6.07, 6.45) is 1.65. The lowest BCUT2D eigenvalue weighted by Crippen LogP contribution is -2.37. The topological polar surface area (TPSA) is 327 Å². The van der Waals surface area contributed by atoms with E-state index in [-0.39, 0.29) is 53.2 Å². The molecule has 0 amide bonds. The first kappa shape index (κ1) is 54.7. The number of oxazole rings is 1. The molecule has 0 bridgehead atoms. The fourth-order valence-corrected chi connectivity index (χ4v) is 5.56. The van der Waals surface area contributed by atoms with Crippen LogP contribution in [0.3, 0.4) is 0 Å². The second-order valence-corrected chi connectivity index (χ2v) is 14.1. The number of benzene rings is 2. The lowest BCUT2D eigenvalue weighted by molar-refractivity contribution is -0.167. The Kier molecular flexibility index (Phi) is 21.4. The second kappa shape index (κ2) is 27.8. The van der Waals surface area contributed by atoms with Gasteiger partial charge in [-0.1, -0.05) is 6.07 Å². The molecule has 2 aromatic heterocycles. The number of carbonyl (C=O) groups excluding carboxylic acids is 10. The van der Waals surface area contributed by atoms with Gasteiger partial charge in [0.15, 0.2) is 6.39 Å². The van der Waals surface area contributed by atoms with Gasteiger partial charge in [-0.05, 0) is 36.8 Å². The summed E-state index contributed by atoms with van der Waals surface area (Å²) in [5.74, 6) is -8.65. The first-order valence-corrected chi connectivity index (χ1v) is 20.7. The molecule has 27 nitrogen and oxygen atoms in total. The molecule has 0 aliphatic carbocycles. The van der Waals surface area contributed by atoms with Gasteiger partial charge in [-0.25, -0.2) is 9.78 Å².